The van der Waals surface area contributed by atoms with E-state index < -0.39 is 21.4 Å². The summed E-state index contributed by atoms with van der Waals surface area (Å²) < 4.78 is 32.8. The minimum Gasteiger partial charge on any atom is -0.489 e. The van der Waals surface area contributed by atoms with Crippen LogP contribution in [0.4, 0.5) is 0 Å². The first kappa shape index (κ1) is 23.5. The molecule has 0 bridgehead atoms. The van der Waals surface area contributed by atoms with E-state index in [0.717, 1.165) is 11.3 Å². The lowest BCUT2D eigenvalue weighted by Gasteiger charge is -2.23. The minimum absolute atomic E-state index is 0.102. The largest absolute Gasteiger partial charge is 0.489 e. The molecule has 0 saturated heterocycles. The first-order valence-corrected chi connectivity index (χ1v) is 11.5. The normalized spacial score (nSPS) is 12.1. The predicted octanol–water partition coefficient (Wildman–Crippen LogP) is 3.78. The highest BCUT2D eigenvalue weighted by atomic mass is 32.2. The number of H-pyrrole nitrogens is 1. The van der Waals surface area contributed by atoms with Crippen LogP contribution in [-0.2, 0) is 21.4 Å². The number of aromatic nitrogens is 2. The smallest absolute Gasteiger partial charge is 0.309 e. The van der Waals surface area contributed by atoms with E-state index in [4.69, 9.17) is 4.74 Å². The van der Waals surface area contributed by atoms with Gasteiger partial charge < -0.3 is 9.84 Å². The van der Waals surface area contributed by atoms with Gasteiger partial charge in [-0.15, -0.1) is 0 Å². The lowest BCUT2D eigenvalue weighted by atomic mass is 9.90. The molecule has 2 N–H and O–H groups in total. The molecule has 0 aliphatic carbocycles. The van der Waals surface area contributed by atoms with Crippen molar-refractivity contribution in [3.8, 4) is 17.0 Å². The third kappa shape index (κ3) is 5.54. The number of aromatic amines is 1. The van der Waals surface area contributed by atoms with Gasteiger partial charge in [0.2, 0.25) is 10.0 Å². The number of hydrogen-bond donors (Lipinski definition) is 2. The lowest BCUT2D eigenvalue weighted by molar-refractivity contribution is -0.147. The molecule has 0 saturated carbocycles. The minimum atomic E-state index is -3.75. The number of nitrogens with one attached hydrogen (secondary N) is 1. The number of benzene rings is 2. The molecule has 9 heteroatoms. The van der Waals surface area contributed by atoms with Crippen LogP contribution < -0.4 is 4.74 Å². The molecule has 32 heavy (non-hydrogen) atoms. The zero-order valence-corrected chi connectivity index (χ0v) is 19.1. The van der Waals surface area contributed by atoms with Crippen LogP contribution in [0.25, 0.3) is 11.3 Å². The second-order valence-electron chi connectivity index (χ2n) is 8.20. The second-order valence-corrected chi connectivity index (χ2v) is 10.2. The standard InChI is InChI=1S/C23H27N3O5S/c1-23(2,22(27)28)12-14-26(3)32(29,30)20-6-4-5-17(15-20)16-31-19-9-7-18(8-10-19)21-11-13-24-25-21/h4-11,13,15H,12,14,16H2,1-3H3,(H,24,25)(H,27,28). The van der Waals surface area contributed by atoms with Crippen molar-refractivity contribution in [2.45, 2.75) is 31.8 Å². The molecule has 0 amide bonds. The molecule has 2 aromatic carbocycles. The van der Waals surface area contributed by atoms with E-state index in [2.05, 4.69) is 10.2 Å². The summed E-state index contributed by atoms with van der Waals surface area (Å²) in [5.41, 5.74) is 1.59. The summed E-state index contributed by atoms with van der Waals surface area (Å²) in [6.07, 6.45) is 1.89. The molecule has 8 nitrogen and oxygen atoms in total. The second kappa shape index (κ2) is 9.54. The molecule has 0 radical (unpaired) electrons. The van der Waals surface area contributed by atoms with Gasteiger partial charge in [0.25, 0.3) is 0 Å². The van der Waals surface area contributed by atoms with E-state index in [-0.39, 0.29) is 24.5 Å². The van der Waals surface area contributed by atoms with Gasteiger partial charge in [-0.05, 0) is 73.9 Å². The van der Waals surface area contributed by atoms with Gasteiger partial charge in [-0.3, -0.25) is 9.89 Å². The Labute approximate surface area is 187 Å². The van der Waals surface area contributed by atoms with Crippen molar-refractivity contribution in [2.75, 3.05) is 13.6 Å². The van der Waals surface area contributed by atoms with Crippen LogP contribution in [0.1, 0.15) is 25.8 Å². The van der Waals surface area contributed by atoms with Gasteiger partial charge in [-0.2, -0.15) is 5.10 Å². The van der Waals surface area contributed by atoms with Crippen LogP contribution in [0.15, 0.2) is 65.7 Å². The Bertz CT molecular complexity index is 1160. The molecule has 1 heterocycles. The van der Waals surface area contributed by atoms with Crippen molar-refractivity contribution in [1.29, 1.82) is 0 Å². The number of sulfonamides is 1. The van der Waals surface area contributed by atoms with Crippen LogP contribution in [0.5, 0.6) is 5.75 Å². The number of rotatable bonds is 10. The maximum Gasteiger partial charge on any atom is 0.309 e. The lowest BCUT2D eigenvalue weighted by Crippen LogP contribution is -2.33. The number of carbonyl (C=O) groups is 1. The summed E-state index contributed by atoms with van der Waals surface area (Å²) in [6.45, 7) is 3.47. The van der Waals surface area contributed by atoms with Crippen LogP contribution in [0, 0.1) is 5.41 Å². The average Bonchev–Trinajstić information content (AvgIpc) is 3.31. The zero-order chi connectivity index (χ0) is 23.4. The van der Waals surface area contributed by atoms with Crippen molar-refractivity contribution >= 4 is 16.0 Å². The van der Waals surface area contributed by atoms with Gasteiger partial charge in [0.05, 0.1) is 16.0 Å². The Morgan fingerprint density at radius 2 is 1.88 bits per heavy atom. The third-order valence-corrected chi connectivity index (χ3v) is 7.16. The van der Waals surface area contributed by atoms with Crippen molar-refractivity contribution in [3.63, 3.8) is 0 Å². The number of carboxylic acids is 1. The Hall–Kier alpha value is -3.17. The molecule has 0 spiro atoms. The molecule has 3 aromatic rings. The SMILES string of the molecule is CN(CCC(C)(C)C(=O)O)S(=O)(=O)c1cccc(COc2ccc(-c3ccn[nH]3)cc2)c1. The fraction of sp³-hybridized carbons (Fsp3) is 0.304. The summed E-state index contributed by atoms with van der Waals surface area (Å²) in [5, 5.41) is 16.1. The van der Waals surface area contributed by atoms with Gasteiger partial charge in [-0.1, -0.05) is 12.1 Å². The van der Waals surface area contributed by atoms with E-state index in [1.807, 2.05) is 30.3 Å². The van der Waals surface area contributed by atoms with E-state index in [1.165, 1.54) is 17.4 Å². The zero-order valence-electron chi connectivity index (χ0n) is 18.3. The molecular formula is C23H27N3O5S. The van der Waals surface area contributed by atoms with Gasteiger partial charge in [0, 0.05) is 19.8 Å². The topological polar surface area (TPSA) is 113 Å². The summed E-state index contributed by atoms with van der Waals surface area (Å²) in [5.74, 6) is -0.297. The number of hydrogen-bond acceptors (Lipinski definition) is 5. The fourth-order valence-electron chi connectivity index (χ4n) is 2.95. The quantitative estimate of drug-likeness (QED) is 0.479. The average molecular weight is 458 g/mol. The number of carboxylic acid groups (broad SMARTS) is 1. The molecular weight excluding hydrogens is 430 g/mol. The summed E-state index contributed by atoms with van der Waals surface area (Å²) in [7, 11) is -2.29. The van der Waals surface area contributed by atoms with Gasteiger partial charge in [-0.25, -0.2) is 12.7 Å². The molecule has 0 aliphatic rings. The molecule has 0 aliphatic heterocycles. The van der Waals surface area contributed by atoms with E-state index in [1.54, 1.807) is 38.2 Å². The summed E-state index contributed by atoms with van der Waals surface area (Å²) in [6, 6.07) is 16.0. The van der Waals surface area contributed by atoms with E-state index in [0.29, 0.717) is 11.3 Å². The third-order valence-electron chi connectivity index (χ3n) is 5.31. The molecule has 0 unspecified atom stereocenters. The number of nitrogens with zero attached hydrogens (tertiary/aromatic N) is 2. The molecule has 3 rings (SSSR count). The Balaban J connectivity index is 1.64. The Kier molecular flexibility index (Phi) is 7.00. The van der Waals surface area contributed by atoms with Gasteiger partial charge in [0.15, 0.2) is 0 Å². The van der Waals surface area contributed by atoms with Gasteiger partial charge in [0.1, 0.15) is 12.4 Å². The first-order chi connectivity index (χ1) is 15.1. The van der Waals surface area contributed by atoms with Crippen LogP contribution >= 0.6 is 0 Å². The first-order valence-electron chi connectivity index (χ1n) is 10.1. The Morgan fingerprint density at radius 3 is 2.50 bits per heavy atom. The van der Waals surface area contributed by atoms with Crippen molar-refractivity contribution in [2.24, 2.45) is 5.41 Å². The van der Waals surface area contributed by atoms with E-state index in [9.17, 15) is 18.3 Å². The highest BCUT2D eigenvalue weighted by Gasteiger charge is 2.29. The Morgan fingerprint density at radius 1 is 1.16 bits per heavy atom. The highest BCUT2D eigenvalue weighted by molar-refractivity contribution is 7.89. The maximum absolute atomic E-state index is 12.9. The molecule has 1 aromatic heterocycles. The highest BCUT2D eigenvalue weighted by Crippen LogP contribution is 2.24. The van der Waals surface area contributed by atoms with Crippen LogP contribution in [0.3, 0.4) is 0 Å². The van der Waals surface area contributed by atoms with Gasteiger partial charge >= 0.3 is 5.97 Å². The molecule has 170 valence electrons. The predicted molar refractivity (Wildman–Crippen MR) is 121 cm³/mol. The van der Waals surface area contributed by atoms with Crippen LogP contribution in [0.2, 0.25) is 0 Å². The number of aliphatic carboxylic acids is 1. The maximum atomic E-state index is 12.9. The van der Waals surface area contributed by atoms with Crippen LogP contribution in [-0.4, -0.2) is 47.6 Å². The number of ether oxygens (including phenoxy) is 1. The monoisotopic (exact) mass is 457 g/mol. The van der Waals surface area contributed by atoms with Crippen molar-refractivity contribution < 1.29 is 23.1 Å². The van der Waals surface area contributed by atoms with E-state index >= 15 is 0 Å². The summed E-state index contributed by atoms with van der Waals surface area (Å²) >= 11 is 0. The molecule has 0 fully saturated rings. The summed E-state index contributed by atoms with van der Waals surface area (Å²) in [4.78, 5) is 11.4. The molecule has 0 atom stereocenters. The van der Waals surface area contributed by atoms with Crippen molar-refractivity contribution in [1.82, 2.24) is 14.5 Å². The fourth-order valence-corrected chi connectivity index (χ4v) is 4.20. The van der Waals surface area contributed by atoms with Crippen molar-refractivity contribution in [3.05, 3.63) is 66.4 Å².